The minimum atomic E-state index is -0.470. The van der Waals surface area contributed by atoms with Crippen molar-refractivity contribution >= 4 is 29.6 Å². The van der Waals surface area contributed by atoms with Crippen LogP contribution in [0.4, 0.5) is 5.69 Å². The summed E-state index contributed by atoms with van der Waals surface area (Å²) in [5.41, 5.74) is 4.82. The molecule has 0 saturated heterocycles. The molecule has 0 bridgehead atoms. The number of amides is 1. The van der Waals surface area contributed by atoms with Crippen LogP contribution in [0.5, 0.6) is 5.75 Å². The zero-order chi connectivity index (χ0) is 26.2. The molecule has 11 heteroatoms. The van der Waals surface area contributed by atoms with Crippen molar-refractivity contribution in [3.8, 4) is 22.8 Å². The van der Waals surface area contributed by atoms with Gasteiger partial charge in [-0.1, -0.05) is 60.3 Å². The third-order valence-corrected chi connectivity index (χ3v) is 6.13. The van der Waals surface area contributed by atoms with Crippen molar-refractivity contribution in [2.45, 2.75) is 11.6 Å². The van der Waals surface area contributed by atoms with Crippen LogP contribution in [0.1, 0.15) is 11.1 Å². The van der Waals surface area contributed by atoms with Crippen LogP contribution in [0.2, 0.25) is 0 Å². The lowest BCUT2D eigenvalue weighted by atomic mass is 10.1. The number of phenolic OH excluding ortho intramolecular Hbond substituents is 1. The molecule has 0 unspecified atom stereocenters. The van der Waals surface area contributed by atoms with E-state index in [2.05, 4.69) is 27.3 Å². The summed E-state index contributed by atoms with van der Waals surface area (Å²) in [7, 11) is 0. The minimum Gasteiger partial charge on any atom is -0.507 e. The van der Waals surface area contributed by atoms with E-state index in [0.29, 0.717) is 34.1 Å². The molecule has 0 saturated carbocycles. The Labute approximate surface area is 216 Å². The summed E-state index contributed by atoms with van der Waals surface area (Å²) in [5.74, 6) is 0.0901. The van der Waals surface area contributed by atoms with Crippen molar-refractivity contribution in [2.75, 3.05) is 5.75 Å². The second-order valence-electron chi connectivity index (χ2n) is 7.71. The van der Waals surface area contributed by atoms with Gasteiger partial charge in [0, 0.05) is 28.9 Å². The zero-order valence-electron chi connectivity index (χ0n) is 19.5. The number of nitro groups is 1. The second kappa shape index (κ2) is 11.8. The topological polar surface area (TPSA) is 136 Å². The Morgan fingerprint density at radius 2 is 1.92 bits per heavy atom. The number of hydrogen-bond donors (Lipinski definition) is 2. The Morgan fingerprint density at radius 1 is 1.14 bits per heavy atom. The molecule has 10 nitrogen and oxygen atoms in total. The van der Waals surface area contributed by atoms with Gasteiger partial charge in [-0.3, -0.25) is 19.5 Å². The highest BCUT2D eigenvalue weighted by Gasteiger charge is 2.19. The van der Waals surface area contributed by atoms with Gasteiger partial charge in [-0.15, -0.1) is 16.8 Å². The normalized spacial score (nSPS) is 10.9. The molecule has 37 heavy (non-hydrogen) atoms. The number of thioether (sulfide) groups is 1. The van der Waals surface area contributed by atoms with Gasteiger partial charge in [-0.2, -0.15) is 5.10 Å². The van der Waals surface area contributed by atoms with E-state index >= 15 is 0 Å². The summed E-state index contributed by atoms with van der Waals surface area (Å²) in [4.78, 5) is 23.2. The highest BCUT2D eigenvalue weighted by Crippen LogP contribution is 2.29. The number of carbonyl (C=O) groups is 1. The largest absolute Gasteiger partial charge is 0.507 e. The number of nitro benzene ring substituents is 1. The number of para-hydroxylation sites is 2. The first-order valence-electron chi connectivity index (χ1n) is 11.1. The number of aromatic nitrogens is 3. The molecule has 1 aromatic heterocycles. The Bertz CT molecular complexity index is 1470. The molecule has 0 aliphatic heterocycles. The number of carbonyl (C=O) groups excluding carboxylic acids is 1. The van der Waals surface area contributed by atoms with Crippen molar-refractivity contribution in [1.29, 1.82) is 0 Å². The molecule has 186 valence electrons. The minimum absolute atomic E-state index is 0.0142. The molecule has 0 aliphatic rings. The van der Waals surface area contributed by atoms with E-state index in [1.807, 2.05) is 30.3 Å². The number of allylic oxidation sites excluding steroid dienone is 1. The van der Waals surface area contributed by atoms with Gasteiger partial charge in [0.15, 0.2) is 11.0 Å². The SMILES string of the molecule is C=CCc1cccc(/C=N\NC(=O)CSc2nnc(-c3cccc([N+](=O)[O-])c3)n2-c2ccccc2)c1O. The van der Waals surface area contributed by atoms with Crippen molar-refractivity contribution in [3.05, 3.63) is 107 Å². The van der Waals surface area contributed by atoms with Gasteiger partial charge < -0.3 is 5.11 Å². The van der Waals surface area contributed by atoms with E-state index in [0.717, 1.165) is 17.4 Å². The molecule has 0 fully saturated rings. The van der Waals surface area contributed by atoms with Crippen LogP contribution >= 0.6 is 11.8 Å². The van der Waals surface area contributed by atoms with Crippen molar-refractivity contribution < 1.29 is 14.8 Å². The van der Waals surface area contributed by atoms with Gasteiger partial charge in [0.05, 0.1) is 16.9 Å². The molecular weight excluding hydrogens is 492 g/mol. The highest BCUT2D eigenvalue weighted by molar-refractivity contribution is 7.99. The Morgan fingerprint density at radius 3 is 2.68 bits per heavy atom. The summed E-state index contributed by atoms with van der Waals surface area (Å²) < 4.78 is 1.74. The van der Waals surface area contributed by atoms with Crippen LogP contribution in [0.3, 0.4) is 0 Å². The molecule has 4 rings (SSSR count). The van der Waals surface area contributed by atoms with E-state index in [1.165, 1.54) is 18.3 Å². The molecule has 0 radical (unpaired) electrons. The summed E-state index contributed by atoms with van der Waals surface area (Å²) in [6.07, 6.45) is 3.57. The smallest absolute Gasteiger partial charge is 0.270 e. The molecule has 4 aromatic rings. The van der Waals surface area contributed by atoms with Crippen LogP contribution in [-0.2, 0) is 11.2 Å². The molecule has 1 heterocycles. The lowest BCUT2D eigenvalue weighted by Gasteiger charge is -2.10. The summed E-state index contributed by atoms with van der Waals surface area (Å²) >= 11 is 1.14. The molecular formula is C26H22N6O4S. The van der Waals surface area contributed by atoms with Gasteiger partial charge >= 0.3 is 0 Å². The quantitative estimate of drug-likeness (QED) is 0.104. The van der Waals surface area contributed by atoms with Crippen LogP contribution in [-0.4, -0.2) is 42.7 Å². The lowest BCUT2D eigenvalue weighted by molar-refractivity contribution is -0.384. The van der Waals surface area contributed by atoms with Crippen LogP contribution in [0, 0.1) is 10.1 Å². The molecule has 0 spiro atoms. The van der Waals surface area contributed by atoms with Crippen molar-refractivity contribution in [3.63, 3.8) is 0 Å². The maximum atomic E-state index is 12.5. The third kappa shape index (κ3) is 6.08. The number of nitrogens with zero attached hydrogens (tertiary/aromatic N) is 5. The van der Waals surface area contributed by atoms with Gasteiger partial charge in [0.2, 0.25) is 0 Å². The first-order valence-corrected chi connectivity index (χ1v) is 12.1. The summed E-state index contributed by atoms with van der Waals surface area (Å²) in [6.45, 7) is 3.67. The predicted molar refractivity (Wildman–Crippen MR) is 142 cm³/mol. The Hall–Kier alpha value is -4.77. The number of nitrogens with one attached hydrogen (secondary N) is 1. The van der Waals surface area contributed by atoms with E-state index in [4.69, 9.17) is 0 Å². The highest BCUT2D eigenvalue weighted by atomic mass is 32.2. The average molecular weight is 515 g/mol. The molecule has 3 aromatic carbocycles. The maximum Gasteiger partial charge on any atom is 0.270 e. The van der Waals surface area contributed by atoms with Gasteiger partial charge in [-0.05, 0) is 30.2 Å². The number of rotatable bonds is 10. The molecule has 1 amide bonds. The molecule has 0 atom stereocenters. The predicted octanol–water partition coefficient (Wildman–Crippen LogP) is 4.52. The van der Waals surface area contributed by atoms with Crippen molar-refractivity contribution in [2.24, 2.45) is 5.10 Å². The molecule has 2 N–H and O–H groups in total. The standard InChI is InChI=1S/C26H22N6O4S/c1-2-8-18-9-6-11-20(24(18)34)16-27-28-23(33)17-37-26-30-29-25(31(26)21-12-4-3-5-13-21)19-10-7-14-22(15-19)32(35)36/h2-7,9-16,34H,1,8,17H2,(H,28,33)/b27-16-. The lowest BCUT2D eigenvalue weighted by Crippen LogP contribution is -2.20. The first-order chi connectivity index (χ1) is 18.0. The van der Waals surface area contributed by atoms with Crippen LogP contribution < -0.4 is 5.43 Å². The summed E-state index contributed by atoms with van der Waals surface area (Å²) in [6, 6.07) is 20.7. The maximum absolute atomic E-state index is 12.5. The van der Waals surface area contributed by atoms with Crippen LogP contribution in [0.25, 0.3) is 17.1 Å². The van der Waals surface area contributed by atoms with Crippen LogP contribution in [0.15, 0.2) is 95.7 Å². The monoisotopic (exact) mass is 514 g/mol. The van der Waals surface area contributed by atoms with Gasteiger partial charge in [0.25, 0.3) is 11.6 Å². The number of benzene rings is 3. The fraction of sp³-hybridized carbons (Fsp3) is 0.0769. The Balaban J connectivity index is 1.51. The number of aromatic hydroxyl groups is 1. The number of hydrazone groups is 1. The summed E-state index contributed by atoms with van der Waals surface area (Å²) in [5, 5.41) is 34.4. The number of non-ortho nitro benzene ring substituents is 1. The van der Waals surface area contributed by atoms with Gasteiger partial charge in [0.1, 0.15) is 5.75 Å². The first kappa shape index (κ1) is 25.3. The van der Waals surface area contributed by atoms with E-state index in [-0.39, 0.29) is 23.1 Å². The Kier molecular flexibility index (Phi) is 8.06. The van der Waals surface area contributed by atoms with E-state index in [9.17, 15) is 20.0 Å². The number of phenols is 1. The average Bonchev–Trinajstić information content (AvgIpc) is 3.34. The van der Waals surface area contributed by atoms with Gasteiger partial charge in [-0.25, -0.2) is 5.43 Å². The number of hydrogen-bond acceptors (Lipinski definition) is 8. The second-order valence-corrected chi connectivity index (χ2v) is 8.66. The zero-order valence-corrected chi connectivity index (χ0v) is 20.3. The molecule has 0 aliphatic carbocycles. The van der Waals surface area contributed by atoms with E-state index < -0.39 is 4.92 Å². The fourth-order valence-electron chi connectivity index (χ4n) is 3.49. The third-order valence-electron chi connectivity index (χ3n) is 5.20. The van der Waals surface area contributed by atoms with E-state index in [1.54, 1.807) is 41.0 Å². The fourth-order valence-corrected chi connectivity index (χ4v) is 4.23. The van der Waals surface area contributed by atoms with Crippen molar-refractivity contribution in [1.82, 2.24) is 20.2 Å².